The molecule has 0 amide bonds. The monoisotopic (exact) mass is 306 g/mol. The maximum atomic E-state index is 12.5. The average Bonchev–Trinajstić information content (AvgIpc) is 2.47. The molecule has 2 aromatic rings. The second-order valence-electron chi connectivity index (χ2n) is 5.42. The summed E-state index contributed by atoms with van der Waals surface area (Å²) in [5, 5.41) is 0. The Kier molecular flexibility index (Phi) is 4.69. The molecule has 1 nitrogen and oxygen atoms in total. The molecule has 0 unspecified atom stereocenters. The number of hydrogen-bond acceptors (Lipinski definition) is 1. The van der Waals surface area contributed by atoms with Crippen LogP contribution in [0.25, 0.3) is 0 Å². The predicted octanol–water partition coefficient (Wildman–Crippen LogP) is 5.14. The van der Waals surface area contributed by atoms with E-state index in [9.17, 15) is 18.0 Å². The molecule has 0 radical (unpaired) electrons. The Bertz CT molecular complexity index is 670. The van der Waals surface area contributed by atoms with Crippen molar-refractivity contribution in [2.45, 2.75) is 32.9 Å². The van der Waals surface area contributed by atoms with E-state index < -0.39 is 11.7 Å². The van der Waals surface area contributed by atoms with Crippen LogP contribution in [0.15, 0.2) is 42.5 Å². The summed E-state index contributed by atoms with van der Waals surface area (Å²) in [7, 11) is 0. The van der Waals surface area contributed by atoms with E-state index in [4.69, 9.17) is 0 Å². The van der Waals surface area contributed by atoms with Gasteiger partial charge in [-0.2, -0.15) is 13.2 Å². The van der Waals surface area contributed by atoms with Gasteiger partial charge in [-0.25, -0.2) is 0 Å². The maximum Gasteiger partial charge on any atom is 0.416 e. The van der Waals surface area contributed by atoms with Crippen LogP contribution in [-0.2, 0) is 12.6 Å². The number of rotatable bonds is 4. The lowest BCUT2D eigenvalue weighted by atomic mass is 9.99. The van der Waals surface area contributed by atoms with Gasteiger partial charge in [0.15, 0.2) is 5.78 Å². The fourth-order valence-electron chi connectivity index (χ4n) is 2.18. The molecular formula is C18H17F3O. The van der Waals surface area contributed by atoms with Crippen LogP contribution in [0.3, 0.4) is 0 Å². The van der Waals surface area contributed by atoms with E-state index in [2.05, 4.69) is 0 Å². The van der Waals surface area contributed by atoms with Crippen LogP contribution in [0.5, 0.6) is 0 Å². The standard InChI is InChI=1S/C18H17F3O/c1-12-3-7-15(11-13(12)2)17(22)10-6-14-4-8-16(9-5-14)18(19,20)21/h3-5,7-9,11H,6,10H2,1-2H3. The molecule has 0 saturated heterocycles. The molecule has 0 fully saturated rings. The van der Waals surface area contributed by atoms with Crippen molar-refractivity contribution >= 4 is 5.78 Å². The third-order valence-corrected chi connectivity index (χ3v) is 3.75. The summed E-state index contributed by atoms with van der Waals surface area (Å²) < 4.78 is 37.4. The van der Waals surface area contributed by atoms with Crippen molar-refractivity contribution in [2.24, 2.45) is 0 Å². The van der Waals surface area contributed by atoms with Gasteiger partial charge in [-0.15, -0.1) is 0 Å². The van der Waals surface area contributed by atoms with Gasteiger partial charge >= 0.3 is 6.18 Å². The molecule has 0 heterocycles. The lowest BCUT2D eigenvalue weighted by molar-refractivity contribution is -0.137. The summed E-state index contributed by atoms with van der Waals surface area (Å²) in [6, 6.07) is 10.5. The number of benzene rings is 2. The van der Waals surface area contributed by atoms with Crippen molar-refractivity contribution in [1.29, 1.82) is 0 Å². The first-order chi connectivity index (χ1) is 10.3. The zero-order chi connectivity index (χ0) is 16.3. The molecule has 0 spiro atoms. The van der Waals surface area contributed by atoms with Crippen molar-refractivity contribution in [3.8, 4) is 0 Å². The third kappa shape index (κ3) is 3.97. The number of ketones is 1. The zero-order valence-electron chi connectivity index (χ0n) is 12.5. The van der Waals surface area contributed by atoms with Crippen LogP contribution >= 0.6 is 0 Å². The van der Waals surface area contributed by atoms with E-state index in [0.29, 0.717) is 12.0 Å². The van der Waals surface area contributed by atoms with Gasteiger partial charge in [-0.1, -0.05) is 24.3 Å². The molecule has 22 heavy (non-hydrogen) atoms. The Labute approximate surface area is 127 Å². The molecule has 2 rings (SSSR count). The minimum Gasteiger partial charge on any atom is -0.294 e. The molecule has 0 aliphatic carbocycles. The first kappa shape index (κ1) is 16.3. The SMILES string of the molecule is Cc1ccc(C(=O)CCc2ccc(C(F)(F)F)cc2)cc1C. The van der Waals surface area contributed by atoms with Crippen LogP contribution in [0.1, 0.15) is 39.0 Å². The highest BCUT2D eigenvalue weighted by atomic mass is 19.4. The summed E-state index contributed by atoms with van der Waals surface area (Å²) in [6.07, 6.45) is -3.61. The van der Waals surface area contributed by atoms with Gasteiger partial charge in [0.1, 0.15) is 0 Å². The molecule has 0 saturated carbocycles. The van der Waals surface area contributed by atoms with Gasteiger partial charge in [-0.05, 0) is 55.2 Å². The van der Waals surface area contributed by atoms with E-state index in [0.717, 1.165) is 28.8 Å². The number of Topliss-reactive ketones (excluding diaryl/α,β-unsaturated/α-hetero) is 1. The minimum absolute atomic E-state index is 0.00278. The number of hydrogen-bond donors (Lipinski definition) is 0. The van der Waals surface area contributed by atoms with Gasteiger partial charge < -0.3 is 0 Å². The van der Waals surface area contributed by atoms with Crippen LogP contribution in [-0.4, -0.2) is 5.78 Å². The summed E-state index contributed by atoms with van der Waals surface area (Å²) in [6.45, 7) is 3.92. The maximum absolute atomic E-state index is 12.5. The Morgan fingerprint density at radius 2 is 1.59 bits per heavy atom. The lowest BCUT2D eigenvalue weighted by Gasteiger charge is -2.08. The van der Waals surface area contributed by atoms with E-state index in [1.165, 1.54) is 12.1 Å². The topological polar surface area (TPSA) is 17.1 Å². The summed E-state index contributed by atoms with van der Waals surface area (Å²) in [4.78, 5) is 12.1. The quantitative estimate of drug-likeness (QED) is 0.715. The Hall–Kier alpha value is -2.10. The normalized spacial score (nSPS) is 11.5. The molecule has 0 aliphatic heterocycles. The Morgan fingerprint density at radius 3 is 2.14 bits per heavy atom. The lowest BCUT2D eigenvalue weighted by Crippen LogP contribution is -2.05. The molecule has 0 aliphatic rings. The zero-order valence-corrected chi connectivity index (χ0v) is 12.5. The van der Waals surface area contributed by atoms with Crippen molar-refractivity contribution in [2.75, 3.05) is 0 Å². The van der Waals surface area contributed by atoms with Crippen molar-refractivity contribution in [3.63, 3.8) is 0 Å². The molecule has 0 N–H and O–H groups in total. The number of carbonyl (C=O) groups is 1. The molecule has 0 atom stereocenters. The van der Waals surface area contributed by atoms with Crippen LogP contribution < -0.4 is 0 Å². The highest BCUT2D eigenvalue weighted by Crippen LogP contribution is 2.29. The van der Waals surface area contributed by atoms with E-state index in [-0.39, 0.29) is 12.2 Å². The predicted molar refractivity (Wildman–Crippen MR) is 80.0 cm³/mol. The first-order valence-corrected chi connectivity index (χ1v) is 7.04. The molecule has 0 aromatic heterocycles. The third-order valence-electron chi connectivity index (χ3n) is 3.75. The van der Waals surface area contributed by atoms with Crippen molar-refractivity contribution < 1.29 is 18.0 Å². The number of alkyl halides is 3. The summed E-state index contributed by atoms with van der Waals surface area (Å²) in [5.41, 5.74) is 2.89. The number of halogens is 3. The van der Waals surface area contributed by atoms with Crippen LogP contribution in [0, 0.1) is 13.8 Å². The smallest absolute Gasteiger partial charge is 0.294 e. The fourth-order valence-corrected chi connectivity index (χ4v) is 2.18. The Balaban J connectivity index is 2.00. The fraction of sp³-hybridized carbons (Fsp3) is 0.278. The van der Waals surface area contributed by atoms with E-state index in [1.807, 2.05) is 26.0 Å². The average molecular weight is 306 g/mol. The Morgan fingerprint density at radius 1 is 0.955 bits per heavy atom. The molecule has 116 valence electrons. The summed E-state index contributed by atoms with van der Waals surface area (Å²) >= 11 is 0. The minimum atomic E-state index is -4.33. The highest BCUT2D eigenvalue weighted by molar-refractivity contribution is 5.96. The number of aryl methyl sites for hydroxylation is 3. The second kappa shape index (κ2) is 6.34. The van der Waals surface area contributed by atoms with Gasteiger partial charge in [-0.3, -0.25) is 4.79 Å². The van der Waals surface area contributed by atoms with Gasteiger partial charge in [0, 0.05) is 12.0 Å². The van der Waals surface area contributed by atoms with Gasteiger partial charge in [0.05, 0.1) is 5.56 Å². The van der Waals surface area contributed by atoms with Crippen LogP contribution in [0.2, 0.25) is 0 Å². The van der Waals surface area contributed by atoms with Crippen molar-refractivity contribution in [3.05, 3.63) is 70.3 Å². The van der Waals surface area contributed by atoms with Gasteiger partial charge in [0.2, 0.25) is 0 Å². The van der Waals surface area contributed by atoms with E-state index >= 15 is 0 Å². The van der Waals surface area contributed by atoms with E-state index in [1.54, 1.807) is 6.07 Å². The van der Waals surface area contributed by atoms with Crippen molar-refractivity contribution in [1.82, 2.24) is 0 Å². The molecule has 4 heteroatoms. The molecular weight excluding hydrogens is 289 g/mol. The highest BCUT2D eigenvalue weighted by Gasteiger charge is 2.29. The summed E-state index contributed by atoms with van der Waals surface area (Å²) in [5.74, 6) is 0.00278. The van der Waals surface area contributed by atoms with Crippen LogP contribution in [0.4, 0.5) is 13.2 Å². The molecule has 2 aromatic carbocycles. The van der Waals surface area contributed by atoms with Gasteiger partial charge in [0.25, 0.3) is 0 Å². The largest absolute Gasteiger partial charge is 0.416 e. The number of carbonyl (C=O) groups excluding carboxylic acids is 1. The molecule has 0 bridgehead atoms. The second-order valence-corrected chi connectivity index (χ2v) is 5.42. The first-order valence-electron chi connectivity index (χ1n) is 7.04.